The summed E-state index contributed by atoms with van der Waals surface area (Å²) in [6.45, 7) is 5.65. The largest absolute Gasteiger partial charge is 0.462 e. The molecule has 0 fully saturated rings. The number of aromatic nitrogens is 1. The van der Waals surface area contributed by atoms with E-state index in [0.29, 0.717) is 22.2 Å². The Kier molecular flexibility index (Phi) is 6.38. The molecule has 34 heavy (non-hydrogen) atoms. The summed E-state index contributed by atoms with van der Waals surface area (Å²) in [5.41, 5.74) is 3.49. The molecule has 0 bridgehead atoms. The van der Waals surface area contributed by atoms with Crippen LogP contribution in [0.5, 0.6) is 0 Å². The Morgan fingerprint density at radius 1 is 1.06 bits per heavy atom. The van der Waals surface area contributed by atoms with Gasteiger partial charge in [0.05, 0.1) is 33.3 Å². The number of halogens is 2. The fraction of sp³-hybridized carbons (Fsp3) is 0.160. The van der Waals surface area contributed by atoms with Gasteiger partial charge in [-0.3, -0.25) is 4.72 Å². The Labute approximate surface area is 202 Å². The topological polar surface area (TPSA) is 77.4 Å². The maximum absolute atomic E-state index is 13.2. The summed E-state index contributed by atoms with van der Waals surface area (Å²) in [5.74, 6) is -1.08. The van der Waals surface area contributed by atoms with E-state index in [-0.39, 0.29) is 22.2 Å². The van der Waals surface area contributed by atoms with Gasteiger partial charge in [0.15, 0.2) is 0 Å². The monoisotopic (exact) mass is 500 g/mol. The van der Waals surface area contributed by atoms with Crippen molar-refractivity contribution in [2.75, 3.05) is 11.3 Å². The van der Waals surface area contributed by atoms with Crippen molar-refractivity contribution in [1.82, 2.24) is 4.57 Å². The molecule has 0 spiro atoms. The third-order valence-electron chi connectivity index (χ3n) is 5.40. The molecular weight excluding hydrogens is 479 g/mol. The normalized spacial score (nSPS) is 11.6. The maximum atomic E-state index is 13.2. The van der Waals surface area contributed by atoms with Gasteiger partial charge in [0, 0.05) is 16.8 Å². The second kappa shape index (κ2) is 9.12. The van der Waals surface area contributed by atoms with Crippen molar-refractivity contribution in [2.45, 2.75) is 25.7 Å². The third kappa shape index (κ3) is 4.38. The van der Waals surface area contributed by atoms with Crippen LogP contribution in [0.25, 0.3) is 16.6 Å². The molecule has 0 atom stereocenters. The lowest BCUT2D eigenvalue weighted by molar-refractivity contribution is 0.0527. The van der Waals surface area contributed by atoms with Crippen molar-refractivity contribution in [1.29, 1.82) is 0 Å². The molecule has 0 radical (unpaired) electrons. The van der Waals surface area contributed by atoms with E-state index in [1.165, 1.54) is 18.2 Å². The minimum absolute atomic E-state index is 0.107. The van der Waals surface area contributed by atoms with E-state index in [9.17, 15) is 17.6 Å². The molecule has 0 amide bonds. The quantitative estimate of drug-likeness (QED) is 0.328. The van der Waals surface area contributed by atoms with Crippen LogP contribution in [0.2, 0.25) is 5.02 Å². The molecule has 0 unspecified atom stereocenters. The lowest BCUT2D eigenvalue weighted by atomic mass is 10.1. The van der Waals surface area contributed by atoms with Crippen molar-refractivity contribution in [3.8, 4) is 5.69 Å². The molecule has 0 saturated heterocycles. The number of nitrogens with zero attached hydrogens (tertiary/aromatic N) is 1. The van der Waals surface area contributed by atoms with Gasteiger partial charge >= 0.3 is 5.97 Å². The van der Waals surface area contributed by atoms with Crippen LogP contribution in [-0.4, -0.2) is 25.6 Å². The second-order valence-corrected chi connectivity index (χ2v) is 9.86. The van der Waals surface area contributed by atoms with Crippen LogP contribution in [0.1, 0.15) is 28.5 Å². The highest BCUT2D eigenvalue weighted by atomic mass is 35.5. The van der Waals surface area contributed by atoms with Gasteiger partial charge in [-0.25, -0.2) is 17.6 Å². The van der Waals surface area contributed by atoms with E-state index in [2.05, 4.69) is 4.72 Å². The summed E-state index contributed by atoms with van der Waals surface area (Å²) < 4.78 is 48.5. The molecule has 1 heterocycles. The summed E-state index contributed by atoms with van der Waals surface area (Å²) in [7, 11) is -4.02. The van der Waals surface area contributed by atoms with E-state index in [1.54, 1.807) is 19.9 Å². The summed E-state index contributed by atoms with van der Waals surface area (Å²) >= 11 is 6.65. The van der Waals surface area contributed by atoms with E-state index >= 15 is 0 Å². The third-order valence-corrected chi connectivity index (χ3v) is 7.09. The van der Waals surface area contributed by atoms with Gasteiger partial charge in [-0.2, -0.15) is 0 Å². The van der Waals surface area contributed by atoms with Gasteiger partial charge in [0.1, 0.15) is 5.82 Å². The van der Waals surface area contributed by atoms with Crippen molar-refractivity contribution in [3.05, 3.63) is 88.3 Å². The first kappa shape index (κ1) is 23.8. The molecule has 9 heteroatoms. The molecule has 0 aliphatic heterocycles. The summed E-state index contributed by atoms with van der Waals surface area (Å²) in [6, 6.07) is 15.2. The van der Waals surface area contributed by atoms with Crippen molar-refractivity contribution >= 4 is 44.2 Å². The van der Waals surface area contributed by atoms with E-state index in [4.69, 9.17) is 16.3 Å². The van der Waals surface area contributed by atoms with E-state index in [1.807, 2.05) is 35.8 Å². The van der Waals surface area contributed by atoms with Crippen LogP contribution in [0, 0.1) is 19.7 Å². The van der Waals surface area contributed by atoms with Gasteiger partial charge in [-0.05, 0) is 69.3 Å². The number of sulfonamides is 1. The van der Waals surface area contributed by atoms with Crippen LogP contribution in [0.4, 0.5) is 10.1 Å². The molecular formula is C25H22ClFN2O4S. The van der Waals surface area contributed by atoms with Gasteiger partial charge < -0.3 is 9.30 Å². The number of nitrogens with one attached hydrogen (secondary N) is 1. The number of fused-ring (bicyclic) bond motifs is 1. The first-order chi connectivity index (χ1) is 16.1. The summed E-state index contributed by atoms with van der Waals surface area (Å²) in [5, 5.41) is 0.689. The Morgan fingerprint density at radius 3 is 2.32 bits per heavy atom. The number of carbonyl (C=O) groups is 1. The number of ether oxygens (including phenoxy) is 1. The summed E-state index contributed by atoms with van der Waals surface area (Å²) in [4.78, 5) is 12.8. The minimum Gasteiger partial charge on any atom is -0.462 e. The Bertz CT molecular complexity index is 1500. The van der Waals surface area contributed by atoms with Gasteiger partial charge in [0.25, 0.3) is 10.0 Å². The van der Waals surface area contributed by atoms with Gasteiger partial charge in [-0.1, -0.05) is 29.3 Å². The molecule has 4 aromatic rings. The predicted molar refractivity (Wildman–Crippen MR) is 131 cm³/mol. The van der Waals surface area contributed by atoms with E-state index < -0.39 is 21.8 Å². The van der Waals surface area contributed by atoms with Crippen LogP contribution in [-0.2, 0) is 14.8 Å². The fourth-order valence-corrected chi connectivity index (χ4v) is 5.20. The smallest absolute Gasteiger partial charge is 0.340 e. The highest BCUT2D eigenvalue weighted by Gasteiger charge is 2.25. The Hall–Kier alpha value is -3.36. The molecule has 6 nitrogen and oxygen atoms in total. The molecule has 3 aromatic carbocycles. The number of carbonyl (C=O) groups excluding carboxylic acids is 1. The number of aryl methyl sites for hydroxylation is 1. The zero-order valence-corrected chi connectivity index (χ0v) is 20.3. The summed E-state index contributed by atoms with van der Waals surface area (Å²) in [6.07, 6.45) is 0. The fourth-order valence-electron chi connectivity index (χ4n) is 3.86. The molecule has 1 N–H and O–H groups in total. The van der Waals surface area contributed by atoms with Crippen molar-refractivity contribution < 1.29 is 22.3 Å². The van der Waals surface area contributed by atoms with Crippen molar-refractivity contribution in [2.24, 2.45) is 0 Å². The SMILES string of the molecule is CCOC(=O)c1c(C)n(-c2ccc(C)cc2)c2c(Cl)cc(NS(=O)(=O)c3ccc(F)cc3)cc12. The minimum atomic E-state index is -4.02. The number of esters is 1. The molecule has 1 aromatic heterocycles. The van der Waals surface area contributed by atoms with Crippen molar-refractivity contribution in [3.63, 3.8) is 0 Å². The first-order valence-corrected chi connectivity index (χ1v) is 12.4. The number of rotatable bonds is 6. The standard InChI is InChI=1S/C25H22ClFN2O4S/c1-4-33-25(30)23-16(3)29(19-9-5-15(2)6-10-19)24-21(23)13-18(14-22(24)26)28-34(31,32)20-11-7-17(27)8-12-20/h5-14,28H,4H2,1-3H3. The average Bonchev–Trinajstić information content (AvgIpc) is 3.07. The highest BCUT2D eigenvalue weighted by molar-refractivity contribution is 7.92. The predicted octanol–water partition coefficient (Wildman–Crippen LogP) is 6.02. The zero-order chi connectivity index (χ0) is 24.6. The number of hydrogen-bond acceptors (Lipinski definition) is 4. The van der Waals surface area contributed by atoms with Gasteiger partial charge in [0.2, 0.25) is 0 Å². The van der Waals surface area contributed by atoms with Gasteiger partial charge in [-0.15, -0.1) is 0 Å². The van der Waals surface area contributed by atoms with Crippen LogP contribution < -0.4 is 4.72 Å². The average molecular weight is 501 g/mol. The zero-order valence-electron chi connectivity index (χ0n) is 18.7. The van der Waals surface area contributed by atoms with Crippen LogP contribution >= 0.6 is 11.6 Å². The molecule has 0 saturated carbocycles. The molecule has 176 valence electrons. The first-order valence-electron chi connectivity index (χ1n) is 10.5. The lowest BCUT2D eigenvalue weighted by Gasteiger charge is -2.12. The number of benzene rings is 3. The molecule has 4 rings (SSSR count). The second-order valence-electron chi connectivity index (χ2n) is 7.77. The van der Waals surface area contributed by atoms with E-state index in [0.717, 1.165) is 23.4 Å². The Balaban J connectivity index is 1.91. The number of hydrogen-bond donors (Lipinski definition) is 1. The number of anilines is 1. The maximum Gasteiger partial charge on any atom is 0.340 e. The molecule has 0 aliphatic carbocycles. The van der Waals surface area contributed by atoms with Crippen LogP contribution in [0.15, 0.2) is 65.6 Å². The Morgan fingerprint density at radius 2 is 1.71 bits per heavy atom. The highest BCUT2D eigenvalue weighted by Crippen LogP contribution is 2.37. The lowest BCUT2D eigenvalue weighted by Crippen LogP contribution is -2.13. The van der Waals surface area contributed by atoms with Crippen LogP contribution in [0.3, 0.4) is 0 Å². The molecule has 0 aliphatic rings.